The van der Waals surface area contributed by atoms with Crippen molar-refractivity contribution in [1.29, 1.82) is 5.26 Å². The molecule has 0 spiro atoms. The molecule has 0 radical (unpaired) electrons. The summed E-state index contributed by atoms with van der Waals surface area (Å²) in [5, 5.41) is 15.2. The van der Waals surface area contributed by atoms with Crippen molar-refractivity contribution in [2.75, 3.05) is 18.1 Å². The molecule has 0 unspecified atom stereocenters. The molecular formula is C10H9F3N6. The second kappa shape index (κ2) is 4.01. The molecule has 2 rings (SSSR count). The minimum Gasteiger partial charge on any atom is -0.382 e. The van der Waals surface area contributed by atoms with Crippen LogP contribution in [0.15, 0.2) is 0 Å². The third-order valence-electron chi connectivity index (χ3n) is 2.61. The van der Waals surface area contributed by atoms with E-state index in [0.29, 0.717) is 0 Å². The van der Waals surface area contributed by atoms with Gasteiger partial charge < -0.3 is 11.1 Å². The fraction of sp³-hybridized carbons (Fsp3) is 0.300. The number of anilines is 2. The molecule has 0 fully saturated rings. The zero-order chi connectivity index (χ0) is 14.4. The Hall–Kier alpha value is -2.50. The molecule has 0 aliphatic rings. The molecule has 100 valence electrons. The monoisotopic (exact) mass is 270 g/mol. The number of halogens is 3. The van der Waals surface area contributed by atoms with Crippen LogP contribution in [0.2, 0.25) is 0 Å². The van der Waals surface area contributed by atoms with Crippen molar-refractivity contribution in [2.24, 2.45) is 0 Å². The van der Waals surface area contributed by atoms with Gasteiger partial charge in [0, 0.05) is 7.05 Å². The zero-order valence-corrected chi connectivity index (χ0v) is 10.0. The number of nitrogens with zero attached hydrogens (tertiary/aromatic N) is 4. The summed E-state index contributed by atoms with van der Waals surface area (Å²) in [5.41, 5.74) is 3.98. The van der Waals surface area contributed by atoms with Gasteiger partial charge in [0.05, 0.1) is 5.69 Å². The van der Waals surface area contributed by atoms with Gasteiger partial charge >= 0.3 is 6.18 Å². The Kier molecular flexibility index (Phi) is 2.73. The van der Waals surface area contributed by atoms with E-state index in [0.717, 1.165) is 4.52 Å². The number of rotatable bonds is 1. The van der Waals surface area contributed by atoms with Gasteiger partial charge in [-0.25, -0.2) is 4.98 Å². The molecule has 0 saturated heterocycles. The summed E-state index contributed by atoms with van der Waals surface area (Å²) < 4.78 is 39.7. The number of alkyl halides is 3. The van der Waals surface area contributed by atoms with Gasteiger partial charge in [-0.3, -0.25) is 0 Å². The van der Waals surface area contributed by atoms with Gasteiger partial charge in [-0.1, -0.05) is 0 Å². The fourth-order valence-electron chi connectivity index (χ4n) is 1.80. The predicted molar refractivity (Wildman–Crippen MR) is 61.4 cm³/mol. The number of nitrogen functional groups attached to an aromatic ring is 1. The van der Waals surface area contributed by atoms with E-state index < -0.39 is 17.4 Å². The van der Waals surface area contributed by atoms with Gasteiger partial charge in [-0.2, -0.15) is 28.0 Å². The largest absolute Gasteiger partial charge is 0.421 e. The topological polar surface area (TPSA) is 92.0 Å². The molecule has 0 atom stereocenters. The lowest BCUT2D eigenvalue weighted by Gasteiger charge is -2.09. The highest BCUT2D eigenvalue weighted by molar-refractivity contribution is 5.69. The summed E-state index contributed by atoms with van der Waals surface area (Å²) in [4.78, 5) is 3.78. The van der Waals surface area contributed by atoms with E-state index in [9.17, 15) is 13.2 Å². The second-order valence-corrected chi connectivity index (χ2v) is 3.78. The lowest BCUT2D eigenvalue weighted by atomic mass is 10.2. The van der Waals surface area contributed by atoms with Crippen molar-refractivity contribution >= 4 is 17.3 Å². The molecule has 0 aliphatic heterocycles. The number of aromatic nitrogens is 3. The van der Waals surface area contributed by atoms with Crippen molar-refractivity contribution in [2.45, 2.75) is 13.1 Å². The van der Waals surface area contributed by atoms with Crippen LogP contribution < -0.4 is 11.1 Å². The van der Waals surface area contributed by atoms with Gasteiger partial charge in [0.2, 0.25) is 0 Å². The summed E-state index contributed by atoms with van der Waals surface area (Å²) in [6.45, 7) is 1.21. The fourth-order valence-corrected chi connectivity index (χ4v) is 1.80. The molecule has 2 heterocycles. The number of nitriles is 1. The van der Waals surface area contributed by atoms with Crippen LogP contribution in [0.25, 0.3) is 5.65 Å². The van der Waals surface area contributed by atoms with E-state index >= 15 is 0 Å². The van der Waals surface area contributed by atoms with E-state index in [4.69, 9.17) is 11.0 Å². The number of fused-ring (bicyclic) bond motifs is 1. The predicted octanol–water partition coefficient (Wildman–Crippen LogP) is 1.55. The van der Waals surface area contributed by atoms with E-state index in [1.165, 1.54) is 14.0 Å². The average Bonchev–Trinajstić information content (AvgIpc) is 2.65. The van der Waals surface area contributed by atoms with Crippen LogP contribution in [-0.4, -0.2) is 21.6 Å². The first kappa shape index (κ1) is 12.9. The standard InChI is InChI=1S/C10H9F3N6/c1-4-6(10(11,12)13)9-17-8(16-2)5(3-14)7(15)19(9)18-4/h15H2,1-2H3,(H,16,17). The highest BCUT2D eigenvalue weighted by atomic mass is 19.4. The Morgan fingerprint density at radius 2 is 2.05 bits per heavy atom. The summed E-state index contributed by atoms with van der Waals surface area (Å²) in [5.74, 6) is -0.201. The van der Waals surface area contributed by atoms with Crippen LogP contribution in [0.5, 0.6) is 0 Å². The van der Waals surface area contributed by atoms with Crippen molar-refractivity contribution in [1.82, 2.24) is 14.6 Å². The number of hydrogen-bond donors (Lipinski definition) is 2. The average molecular weight is 270 g/mol. The molecule has 2 aromatic rings. The molecular weight excluding hydrogens is 261 g/mol. The summed E-state index contributed by atoms with van der Waals surface area (Å²) in [6, 6.07) is 1.78. The highest BCUT2D eigenvalue weighted by Gasteiger charge is 2.38. The first-order valence-electron chi connectivity index (χ1n) is 5.15. The van der Waals surface area contributed by atoms with E-state index in [2.05, 4.69) is 15.4 Å². The Labute approximate surface area is 105 Å². The second-order valence-electron chi connectivity index (χ2n) is 3.78. The third-order valence-corrected chi connectivity index (χ3v) is 2.61. The number of nitrogens with one attached hydrogen (secondary N) is 1. The van der Waals surface area contributed by atoms with E-state index in [1.54, 1.807) is 6.07 Å². The van der Waals surface area contributed by atoms with Crippen LogP contribution in [0.3, 0.4) is 0 Å². The van der Waals surface area contributed by atoms with Gasteiger partial charge in [0.15, 0.2) is 5.65 Å². The van der Waals surface area contributed by atoms with Gasteiger partial charge in [0.25, 0.3) is 0 Å². The van der Waals surface area contributed by atoms with E-state index in [-0.39, 0.29) is 22.9 Å². The van der Waals surface area contributed by atoms with Crippen LogP contribution in [0.4, 0.5) is 24.8 Å². The van der Waals surface area contributed by atoms with Crippen LogP contribution in [-0.2, 0) is 6.18 Å². The molecule has 2 aromatic heterocycles. The normalized spacial score (nSPS) is 11.6. The molecule has 0 aliphatic carbocycles. The van der Waals surface area contributed by atoms with E-state index in [1.807, 2.05) is 0 Å². The van der Waals surface area contributed by atoms with Crippen molar-refractivity contribution in [3.05, 3.63) is 16.8 Å². The van der Waals surface area contributed by atoms with Crippen molar-refractivity contribution < 1.29 is 13.2 Å². The number of hydrogen-bond acceptors (Lipinski definition) is 5. The number of nitrogens with two attached hydrogens (primary N) is 1. The molecule has 9 heteroatoms. The lowest BCUT2D eigenvalue weighted by Crippen LogP contribution is -2.10. The van der Waals surface area contributed by atoms with Gasteiger partial charge in [-0.05, 0) is 6.92 Å². The van der Waals surface area contributed by atoms with Crippen LogP contribution >= 0.6 is 0 Å². The molecule has 19 heavy (non-hydrogen) atoms. The Bertz CT molecular complexity index is 694. The summed E-state index contributed by atoms with van der Waals surface area (Å²) in [7, 11) is 1.44. The Morgan fingerprint density at radius 1 is 1.42 bits per heavy atom. The minimum atomic E-state index is -4.59. The molecule has 6 nitrogen and oxygen atoms in total. The van der Waals surface area contributed by atoms with Crippen LogP contribution in [0.1, 0.15) is 16.8 Å². The molecule has 0 bridgehead atoms. The first-order chi connectivity index (χ1) is 8.81. The maximum atomic E-state index is 12.9. The minimum absolute atomic E-state index is 0.0158. The summed E-state index contributed by atoms with van der Waals surface area (Å²) in [6.07, 6.45) is -4.59. The first-order valence-corrected chi connectivity index (χ1v) is 5.15. The Balaban J connectivity index is 2.95. The number of aryl methyl sites for hydroxylation is 1. The van der Waals surface area contributed by atoms with Crippen molar-refractivity contribution in [3.63, 3.8) is 0 Å². The molecule has 0 saturated carbocycles. The Morgan fingerprint density at radius 3 is 2.53 bits per heavy atom. The molecule has 0 amide bonds. The third kappa shape index (κ3) is 1.81. The summed E-state index contributed by atoms with van der Waals surface area (Å²) >= 11 is 0. The van der Waals surface area contributed by atoms with Gasteiger partial charge in [-0.15, -0.1) is 0 Å². The molecule has 3 N–H and O–H groups in total. The maximum absolute atomic E-state index is 12.9. The molecule has 0 aromatic carbocycles. The quantitative estimate of drug-likeness (QED) is 0.820. The highest BCUT2D eigenvalue weighted by Crippen LogP contribution is 2.36. The zero-order valence-electron chi connectivity index (χ0n) is 10.0. The SMILES string of the molecule is CNc1nc2c(C(F)(F)F)c(C)nn2c(N)c1C#N. The van der Waals surface area contributed by atoms with Gasteiger partial charge in [0.1, 0.15) is 28.8 Å². The lowest BCUT2D eigenvalue weighted by molar-refractivity contribution is -0.136. The van der Waals surface area contributed by atoms with Crippen molar-refractivity contribution in [3.8, 4) is 6.07 Å². The maximum Gasteiger partial charge on any atom is 0.421 e. The van der Waals surface area contributed by atoms with Crippen LogP contribution in [0, 0.1) is 18.3 Å². The smallest absolute Gasteiger partial charge is 0.382 e.